The minimum absolute atomic E-state index is 0.276. The van der Waals surface area contributed by atoms with Crippen LogP contribution >= 0.6 is 11.6 Å². The largest absolute Gasteiger partial charge is 0.346 e. The van der Waals surface area contributed by atoms with Crippen molar-refractivity contribution in [3.8, 4) is 11.4 Å². The summed E-state index contributed by atoms with van der Waals surface area (Å²) in [6, 6.07) is 16.7. The predicted molar refractivity (Wildman–Crippen MR) is 128 cm³/mol. The first-order chi connectivity index (χ1) is 16.1. The average Bonchev–Trinajstić information content (AvgIpc) is 3.28. The highest BCUT2D eigenvalue weighted by molar-refractivity contribution is 6.31. The van der Waals surface area contributed by atoms with E-state index in [0.717, 1.165) is 11.4 Å². The van der Waals surface area contributed by atoms with Gasteiger partial charge in [-0.3, -0.25) is 4.79 Å². The van der Waals surface area contributed by atoms with Crippen LogP contribution in [0.2, 0.25) is 5.02 Å². The second kappa shape index (κ2) is 8.84. The third-order valence-corrected chi connectivity index (χ3v) is 5.50. The van der Waals surface area contributed by atoms with Gasteiger partial charge in [-0.15, -0.1) is 0 Å². The molecule has 1 atom stereocenters. The van der Waals surface area contributed by atoms with Gasteiger partial charge in [-0.2, -0.15) is 0 Å². The zero-order valence-corrected chi connectivity index (χ0v) is 18.5. The van der Waals surface area contributed by atoms with E-state index in [1.165, 1.54) is 5.56 Å². The summed E-state index contributed by atoms with van der Waals surface area (Å²) >= 11 is 6.08. The van der Waals surface area contributed by atoms with Crippen LogP contribution in [0.1, 0.15) is 24.2 Å². The summed E-state index contributed by atoms with van der Waals surface area (Å²) in [5.74, 6) is 0.389. The molecule has 0 saturated heterocycles. The predicted octanol–water partition coefficient (Wildman–Crippen LogP) is 4.45. The molecule has 2 aromatic carbocycles. The van der Waals surface area contributed by atoms with Crippen LogP contribution in [0.15, 0.2) is 78.1 Å². The number of H-pyrrole nitrogens is 1. The van der Waals surface area contributed by atoms with Gasteiger partial charge in [0.2, 0.25) is 5.95 Å². The van der Waals surface area contributed by atoms with E-state index in [2.05, 4.69) is 42.4 Å². The van der Waals surface area contributed by atoms with Crippen molar-refractivity contribution < 1.29 is 0 Å². The standard InChI is InChI=1S/C24H20ClN7O/c1-15(22-23(33)30-18-8-7-17(25)11-20(18)29-22)28-24-27-10-9-19(31-24)21-12-26-14-32(21)13-16-5-3-2-4-6-16/h2-12,14-15H,13H2,1H3,(H,30,33)(H,27,28,31)/t15-/m0/s1. The number of fused-ring (bicyclic) bond motifs is 1. The molecule has 2 N–H and O–H groups in total. The van der Waals surface area contributed by atoms with Gasteiger partial charge in [0.15, 0.2) is 0 Å². The third-order valence-electron chi connectivity index (χ3n) is 5.26. The molecule has 5 rings (SSSR count). The smallest absolute Gasteiger partial charge is 0.272 e. The third kappa shape index (κ3) is 4.47. The average molecular weight is 458 g/mol. The molecular weight excluding hydrogens is 438 g/mol. The minimum Gasteiger partial charge on any atom is -0.346 e. The highest BCUT2D eigenvalue weighted by Crippen LogP contribution is 2.21. The highest BCUT2D eigenvalue weighted by Gasteiger charge is 2.16. The topological polar surface area (TPSA) is 101 Å². The number of nitrogens with one attached hydrogen (secondary N) is 2. The van der Waals surface area contributed by atoms with Gasteiger partial charge in [-0.25, -0.2) is 19.9 Å². The number of benzene rings is 2. The van der Waals surface area contributed by atoms with E-state index < -0.39 is 6.04 Å². The lowest BCUT2D eigenvalue weighted by Gasteiger charge is -2.14. The molecule has 0 bridgehead atoms. The fourth-order valence-electron chi connectivity index (χ4n) is 3.64. The Hall–Kier alpha value is -4.04. The van der Waals surface area contributed by atoms with Gasteiger partial charge >= 0.3 is 0 Å². The Morgan fingerprint density at radius 2 is 1.97 bits per heavy atom. The van der Waals surface area contributed by atoms with Crippen LogP contribution in [0, 0.1) is 0 Å². The molecule has 0 aliphatic carbocycles. The Bertz CT molecular complexity index is 1480. The summed E-state index contributed by atoms with van der Waals surface area (Å²) in [5, 5.41) is 3.73. The van der Waals surface area contributed by atoms with Gasteiger partial charge in [0, 0.05) is 17.8 Å². The van der Waals surface area contributed by atoms with Gasteiger partial charge in [0.1, 0.15) is 5.69 Å². The molecule has 3 aromatic heterocycles. The molecule has 0 amide bonds. The number of hydrogen-bond donors (Lipinski definition) is 2. The van der Waals surface area contributed by atoms with E-state index in [0.29, 0.717) is 34.2 Å². The van der Waals surface area contributed by atoms with Crippen LogP contribution < -0.4 is 10.9 Å². The Kier molecular flexibility index (Phi) is 5.58. The molecule has 0 aliphatic heterocycles. The Morgan fingerprint density at radius 3 is 2.82 bits per heavy atom. The lowest BCUT2D eigenvalue weighted by Crippen LogP contribution is -2.22. The summed E-state index contributed by atoms with van der Waals surface area (Å²) in [6.45, 7) is 2.52. The van der Waals surface area contributed by atoms with Crippen molar-refractivity contribution in [2.24, 2.45) is 0 Å². The molecule has 9 heteroatoms. The van der Waals surface area contributed by atoms with Crippen LogP contribution in [0.5, 0.6) is 0 Å². The van der Waals surface area contributed by atoms with Crippen molar-refractivity contribution in [2.75, 3.05) is 5.32 Å². The van der Waals surface area contributed by atoms with Crippen LogP contribution in [-0.2, 0) is 6.54 Å². The van der Waals surface area contributed by atoms with Crippen LogP contribution in [-0.4, -0.2) is 29.5 Å². The Labute approximate surface area is 194 Å². The van der Waals surface area contributed by atoms with E-state index in [1.54, 1.807) is 36.9 Å². The number of aromatic nitrogens is 6. The molecule has 5 aromatic rings. The number of nitrogens with zero attached hydrogens (tertiary/aromatic N) is 5. The molecule has 0 radical (unpaired) electrons. The molecule has 33 heavy (non-hydrogen) atoms. The fourth-order valence-corrected chi connectivity index (χ4v) is 3.80. The van der Waals surface area contributed by atoms with Crippen molar-refractivity contribution in [3.63, 3.8) is 0 Å². The zero-order chi connectivity index (χ0) is 22.8. The van der Waals surface area contributed by atoms with Crippen molar-refractivity contribution in [1.29, 1.82) is 0 Å². The maximum Gasteiger partial charge on any atom is 0.272 e. The molecule has 164 valence electrons. The summed E-state index contributed by atoms with van der Waals surface area (Å²) in [4.78, 5) is 33.2. The van der Waals surface area contributed by atoms with E-state index in [4.69, 9.17) is 11.6 Å². The molecule has 0 saturated carbocycles. The van der Waals surface area contributed by atoms with E-state index in [9.17, 15) is 4.79 Å². The summed E-state index contributed by atoms with van der Waals surface area (Å²) in [7, 11) is 0. The van der Waals surface area contributed by atoms with Crippen molar-refractivity contribution in [3.05, 3.63) is 100.0 Å². The van der Waals surface area contributed by atoms with Gasteiger partial charge < -0.3 is 14.9 Å². The van der Waals surface area contributed by atoms with Crippen LogP contribution in [0.3, 0.4) is 0 Å². The second-order valence-corrected chi connectivity index (χ2v) is 8.07. The van der Waals surface area contributed by atoms with Gasteiger partial charge in [-0.05, 0) is 36.8 Å². The van der Waals surface area contributed by atoms with Gasteiger partial charge in [-0.1, -0.05) is 41.9 Å². The van der Waals surface area contributed by atoms with E-state index in [-0.39, 0.29) is 5.56 Å². The van der Waals surface area contributed by atoms with E-state index >= 15 is 0 Å². The van der Waals surface area contributed by atoms with E-state index in [1.807, 2.05) is 35.8 Å². The molecule has 3 heterocycles. The number of imidazole rings is 1. The molecule has 8 nitrogen and oxygen atoms in total. The first-order valence-electron chi connectivity index (χ1n) is 10.4. The highest BCUT2D eigenvalue weighted by atomic mass is 35.5. The van der Waals surface area contributed by atoms with Gasteiger partial charge in [0.05, 0.1) is 41.0 Å². The first-order valence-corrected chi connectivity index (χ1v) is 10.8. The second-order valence-electron chi connectivity index (χ2n) is 7.64. The first kappa shape index (κ1) is 20.8. The Morgan fingerprint density at radius 1 is 1.12 bits per heavy atom. The molecule has 0 fully saturated rings. The van der Waals surface area contributed by atoms with Crippen LogP contribution in [0.4, 0.5) is 5.95 Å². The lowest BCUT2D eigenvalue weighted by molar-refractivity contribution is 0.796. The SMILES string of the molecule is C[C@H](Nc1nccc(-c2cncn2Cc2ccccc2)n1)c1nc2cc(Cl)ccc2[nH]c1=O. The molecular formula is C24H20ClN7O. The monoisotopic (exact) mass is 457 g/mol. The lowest BCUT2D eigenvalue weighted by atomic mass is 10.2. The number of aromatic amines is 1. The van der Waals surface area contributed by atoms with Crippen molar-refractivity contribution in [1.82, 2.24) is 29.5 Å². The number of anilines is 1. The van der Waals surface area contributed by atoms with Crippen molar-refractivity contribution >= 4 is 28.6 Å². The van der Waals surface area contributed by atoms with Gasteiger partial charge in [0.25, 0.3) is 5.56 Å². The minimum atomic E-state index is -0.429. The molecule has 0 aliphatic rings. The summed E-state index contributed by atoms with van der Waals surface area (Å²) in [5.41, 5.74) is 4.05. The summed E-state index contributed by atoms with van der Waals surface area (Å²) < 4.78 is 2.03. The normalized spacial score (nSPS) is 12.1. The summed E-state index contributed by atoms with van der Waals surface area (Å²) in [6.07, 6.45) is 5.23. The zero-order valence-electron chi connectivity index (χ0n) is 17.7. The quantitative estimate of drug-likeness (QED) is 0.390. The Balaban J connectivity index is 1.41. The fraction of sp³-hybridized carbons (Fsp3) is 0.125. The number of halogens is 1. The maximum absolute atomic E-state index is 12.6. The van der Waals surface area contributed by atoms with Crippen LogP contribution in [0.25, 0.3) is 22.4 Å². The molecule has 0 unspecified atom stereocenters. The number of hydrogen-bond acceptors (Lipinski definition) is 6. The van der Waals surface area contributed by atoms with Crippen molar-refractivity contribution in [2.45, 2.75) is 19.5 Å². The maximum atomic E-state index is 12.6. The number of rotatable bonds is 6. The molecule has 0 spiro atoms.